The highest BCUT2D eigenvalue weighted by molar-refractivity contribution is 5.82. The Labute approximate surface area is 141 Å². The fraction of sp³-hybridized carbons (Fsp3) is 0.333. The molecule has 0 aliphatic heterocycles. The van der Waals surface area contributed by atoms with Gasteiger partial charge in [-0.2, -0.15) is 10.2 Å². The monoisotopic (exact) mass is 322 g/mol. The average Bonchev–Trinajstić information content (AvgIpc) is 3.00. The maximum absolute atomic E-state index is 4.66. The number of hydrogen-bond donors (Lipinski definition) is 0. The van der Waals surface area contributed by atoms with Crippen LogP contribution in [0.5, 0.6) is 0 Å². The Morgan fingerprint density at radius 3 is 2.21 bits per heavy atom. The van der Waals surface area contributed by atoms with Crippen LogP contribution < -0.4 is 0 Å². The molecule has 3 rings (SSSR count). The summed E-state index contributed by atoms with van der Waals surface area (Å²) in [5.74, 6) is 1.54. The Kier molecular flexibility index (Phi) is 4.29. The smallest absolute Gasteiger partial charge is 0.151 e. The van der Waals surface area contributed by atoms with Crippen LogP contribution in [0.3, 0.4) is 0 Å². The molecule has 3 aromatic rings. The average molecular weight is 322 g/mol. The molecule has 0 aliphatic carbocycles. The highest BCUT2D eigenvalue weighted by Crippen LogP contribution is 2.14. The molecule has 0 atom stereocenters. The van der Waals surface area contributed by atoms with Gasteiger partial charge in [-0.25, -0.2) is 4.68 Å². The quantitative estimate of drug-likeness (QED) is 0.694. The summed E-state index contributed by atoms with van der Waals surface area (Å²) >= 11 is 0. The molecule has 124 valence electrons. The lowest BCUT2D eigenvalue weighted by atomic mass is 10.1. The number of rotatable bonds is 4. The molecule has 0 radical (unpaired) electrons. The van der Waals surface area contributed by atoms with Crippen LogP contribution >= 0.6 is 0 Å². The zero-order valence-electron chi connectivity index (χ0n) is 14.8. The lowest BCUT2D eigenvalue weighted by Crippen LogP contribution is -2.04. The van der Waals surface area contributed by atoms with E-state index in [0.717, 1.165) is 35.1 Å². The van der Waals surface area contributed by atoms with Crippen molar-refractivity contribution in [2.75, 3.05) is 0 Å². The molecule has 2 aromatic heterocycles. The molecule has 1 aromatic carbocycles. The molecule has 0 unspecified atom stereocenters. The molecule has 0 amide bonds. The Morgan fingerprint density at radius 1 is 0.958 bits per heavy atom. The second-order valence-electron chi connectivity index (χ2n) is 6.08. The maximum Gasteiger partial charge on any atom is 0.151 e. The summed E-state index contributed by atoms with van der Waals surface area (Å²) in [4.78, 5) is 0. The second kappa shape index (κ2) is 6.39. The topological polar surface area (TPSA) is 60.9 Å². The van der Waals surface area contributed by atoms with E-state index >= 15 is 0 Å². The number of hydrogen-bond acceptors (Lipinski definition) is 4. The molecule has 6 nitrogen and oxygen atoms in total. The first-order valence-corrected chi connectivity index (χ1v) is 7.98. The molecule has 0 bridgehead atoms. The van der Waals surface area contributed by atoms with E-state index < -0.39 is 0 Å². The first-order valence-electron chi connectivity index (χ1n) is 7.98. The van der Waals surface area contributed by atoms with Crippen molar-refractivity contribution in [2.45, 2.75) is 41.2 Å². The van der Waals surface area contributed by atoms with Crippen LogP contribution in [-0.2, 0) is 6.54 Å². The molecule has 0 N–H and O–H groups in total. The molecule has 0 saturated heterocycles. The summed E-state index contributed by atoms with van der Waals surface area (Å²) in [5, 5.41) is 17.2. The summed E-state index contributed by atoms with van der Waals surface area (Å²) in [6, 6.07) is 8.54. The SMILES string of the molecule is Cc1ccc(Cn2nc(C)c(C=Nn3c(C)nnc3C)c2C)cc1. The highest BCUT2D eigenvalue weighted by Gasteiger charge is 2.11. The lowest BCUT2D eigenvalue weighted by molar-refractivity contribution is 0.659. The van der Waals surface area contributed by atoms with Gasteiger partial charge in [-0.15, -0.1) is 10.2 Å². The van der Waals surface area contributed by atoms with E-state index in [0.29, 0.717) is 0 Å². The lowest BCUT2D eigenvalue weighted by Gasteiger charge is -2.05. The van der Waals surface area contributed by atoms with Gasteiger partial charge in [-0.3, -0.25) is 4.68 Å². The van der Waals surface area contributed by atoms with Gasteiger partial charge in [0.1, 0.15) is 0 Å². The molecule has 24 heavy (non-hydrogen) atoms. The van der Waals surface area contributed by atoms with Crippen molar-refractivity contribution in [1.82, 2.24) is 24.7 Å². The van der Waals surface area contributed by atoms with Gasteiger partial charge in [0.2, 0.25) is 0 Å². The molecule has 0 fully saturated rings. The van der Waals surface area contributed by atoms with Crippen LogP contribution in [0, 0.1) is 34.6 Å². The fourth-order valence-corrected chi connectivity index (χ4v) is 2.66. The third kappa shape index (κ3) is 3.13. The van der Waals surface area contributed by atoms with Crippen molar-refractivity contribution in [2.24, 2.45) is 5.10 Å². The van der Waals surface area contributed by atoms with Gasteiger partial charge in [-0.1, -0.05) is 29.8 Å². The fourth-order valence-electron chi connectivity index (χ4n) is 2.66. The van der Waals surface area contributed by atoms with Crippen LogP contribution in [-0.4, -0.2) is 30.9 Å². The summed E-state index contributed by atoms with van der Waals surface area (Å²) in [6.45, 7) is 10.7. The molecular weight excluding hydrogens is 300 g/mol. The van der Waals surface area contributed by atoms with E-state index in [4.69, 9.17) is 0 Å². The molecule has 2 heterocycles. The Hall–Kier alpha value is -2.76. The van der Waals surface area contributed by atoms with Gasteiger partial charge in [0.25, 0.3) is 0 Å². The van der Waals surface area contributed by atoms with E-state index in [-0.39, 0.29) is 0 Å². The van der Waals surface area contributed by atoms with Crippen LogP contribution in [0.25, 0.3) is 0 Å². The number of benzene rings is 1. The van der Waals surface area contributed by atoms with Crippen molar-refractivity contribution >= 4 is 6.21 Å². The summed E-state index contributed by atoms with van der Waals surface area (Å²) in [6.07, 6.45) is 1.84. The minimum atomic E-state index is 0.755. The third-order valence-electron chi connectivity index (χ3n) is 4.15. The van der Waals surface area contributed by atoms with Gasteiger partial charge in [-0.05, 0) is 40.2 Å². The van der Waals surface area contributed by atoms with Crippen LogP contribution in [0.4, 0.5) is 0 Å². The van der Waals surface area contributed by atoms with Gasteiger partial charge < -0.3 is 0 Å². The first kappa shape index (κ1) is 16.1. The van der Waals surface area contributed by atoms with Gasteiger partial charge in [0.15, 0.2) is 11.6 Å². The zero-order chi connectivity index (χ0) is 17.3. The summed E-state index contributed by atoms with van der Waals surface area (Å²) in [7, 11) is 0. The number of aryl methyl sites for hydroxylation is 4. The minimum Gasteiger partial charge on any atom is -0.265 e. The zero-order valence-corrected chi connectivity index (χ0v) is 14.8. The number of nitrogens with zero attached hydrogens (tertiary/aromatic N) is 6. The van der Waals surface area contributed by atoms with E-state index in [1.54, 1.807) is 4.68 Å². The normalized spacial score (nSPS) is 11.5. The molecule has 0 saturated carbocycles. The largest absolute Gasteiger partial charge is 0.265 e. The van der Waals surface area contributed by atoms with E-state index in [1.807, 2.05) is 31.7 Å². The van der Waals surface area contributed by atoms with Gasteiger partial charge in [0.05, 0.1) is 18.5 Å². The van der Waals surface area contributed by atoms with Gasteiger partial charge >= 0.3 is 0 Å². The third-order valence-corrected chi connectivity index (χ3v) is 4.15. The first-order chi connectivity index (χ1) is 11.5. The van der Waals surface area contributed by atoms with Crippen molar-refractivity contribution in [3.63, 3.8) is 0 Å². The highest BCUT2D eigenvalue weighted by atomic mass is 15.4. The Balaban J connectivity index is 1.88. The van der Waals surface area contributed by atoms with Crippen LogP contribution in [0.2, 0.25) is 0 Å². The predicted molar refractivity (Wildman–Crippen MR) is 94.5 cm³/mol. The van der Waals surface area contributed by atoms with E-state index in [1.165, 1.54) is 11.1 Å². The second-order valence-corrected chi connectivity index (χ2v) is 6.08. The molecule has 0 spiro atoms. The van der Waals surface area contributed by atoms with Crippen LogP contribution in [0.15, 0.2) is 29.4 Å². The van der Waals surface area contributed by atoms with Crippen molar-refractivity contribution in [3.05, 3.63) is 64.0 Å². The maximum atomic E-state index is 4.66. The molecular formula is C18H22N6. The van der Waals surface area contributed by atoms with E-state index in [9.17, 15) is 0 Å². The molecule has 6 heteroatoms. The van der Waals surface area contributed by atoms with Crippen LogP contribution in [0.1, 0.15) is 39.7 Å². The van der Waals surface area contributed by atoms with Crippen molar-refractivity contribution in [3.8, 4) is 0 Å². The molecule has 0 aliphatic rings. The minimum absolute atomic E-state index is 0.755. The Bertz CT molecular complexity index is 864. The Morgan fingerprint density at radius 2 is 1.58 bits per heavy atom. The predicted octanol–water partition coefficient (Wildman–Crippen LogP) is 2.95. The van der Waals surface area contributed by atoms with Crippen molar-refractivity contribution in [1.29, 1.82) is 0 Å². The van der Waals surface area contributed by atoms with E-state index in [2.05, 4.69) is 58.5 Å². The summed E-state index contributed by atoms with van der Waals surface area (Å²) < 4.78 is 3.75. The standard InChI is InChI=1S/C18H22N6/c1-12-6-8-17(9-7-12)11-23-14(3)18(13(2)22-23)10-19-24-15(4)20-21-16(24)5/h6-10H,11H2,1-5H3. The van der Waals surface area contributed by atoms with Crippen molar-refractivity contribution < 1.29 is 0 Å². The number of aromatic nitrogens is 5. The summed E-state index contributed by atoms with van der Waals surface area (Å²) in [5.41, 5.74) is 5.60. The van der Waals surface area contributed by atoms with Gasteiger partial charge in [0, 0.05) is 11.3 Å².